The second-order valence-corrected chi connectivity index (χ2v) is 5.74. The molecule has 0 aliphatic heterocycles. The monoisotopic (exact) mass is 307 g/mol. The van der Waals surface area contributed by atoms with Crippen molar-refractivity contribution in [2.45, 2.75) is 19.4 Å². The minimum absolute atomic E-state index is 0.178. The van der Waals surface area contributed by atoms with Crippen LogP contribution in [0.15, 0.2) is 61.1 Å². The number of para-hydroxylation sites is 1. The van der Waals surface area contributed by atoms with Gasteiger partial charge in [-0.1, -0.05) is 18.2 Å². The Labute approximate surface area is 136 Å². The smallest absolute Gasteiger partial charge is 0.224 e. The number of aromatic nitrogens is 2. The number of rotatable bonds is 6. The minimum Gasteiger partial charge on any atom is -0.347 e. The molecule has 0 saturated heterocycles. The number of carbonyl (C=O) groups is 1. The van der Waals surface area contributed by atoms with Crippen LogP contribution in [0, 0.1) is 0 Å². The molecule has 2 heterocycles. The molecule has 1 amide bonds. The maximum Gasteiger partial charge on any atom is 0.224 e. The van der Waals surface area contributed by atoms with Crippen LogP contribution in [-0.2, 0) is 17.8 Å². The molecule has 4 heteroatoms. The lowest BCUT2D eigenvalue weighted by molar-refractivity contribution is -0.130. The summed E-state index contributed by atoms with van der Waals surface area (Å²) in [5.74, 6) is 0.178. The van der Waals surface area contributed by atoms with Crippen molar-refractivity contribution < 1.29 is 4.79 Å². The van der Waals surface area contributed by atoms with Gasteiger partial charge in [0.15, 0.2) is 0 Å². The van der Waals surface area contributed by atoms with Gasteiger partial charge in [0.2, 0.25) is 5.91 Å². The van der Waals surface area contributed by atoms with Gasteiger partial charge in [-0.2, -0.15) is 0 Å². The molecule has 0 unspecified atom stereocenters. The number of hydrogen-bond acceptors (Lipinski definition) is 2. The van der Waals surface area contributed by atoms with E-state index < -0.39 is 0 Å². The highest BCUT2D eigenvalue weighted by Crippen LogP contribution is 2.15. The van der Waals surface area contributed by atoms with Crippen LogP contribution in [0.1, 0.15) is 12.0 Å². The lowest BCUT2D eigenvalue weighted by Gasteiger charge is -2.17. The molecule has 0 fully saturated rings. The fourth-order valence-electron chi connectivity index (χ4n) is 2.71. The molecule has 0 aliphatic carbocycles. The molecule has 0 N–H and O–H groups in total. The third-order valence-corrected chi connectivity index (χ3v) is 4.16. The van der Waals surface area contributed by atoms with Crippen LogP contribution in [-0.4, -0.2) is 34.0 Å². The first-order chi connectivity index (χ1) is 11.2. The Bertz CT molecular complexity index is 779. The van der Waals surface area contributed by atoms with E-state index in [1.165, 1.54) is 16.5 Å². The van der Waals surface area contributed by atoms with Crippen molar-refractivity contribution in [3.8, 4) is 0 Å². The van der Waals surface area contributed by atoms with Crippen molar-refractivity contribution >= 4 is 16.8 Å². The number of likely N-dealkylation sites (N-methyl/N-ethyl adjacent to an activating group) is 1. The summed E-state index contributed by atoms with van der Waals surface area (Å²) < 4.78 is 2.14. The lowest BCUT2D eigenvalue weighted by atomic mass is 10.2. The quantitative estimate of drug-likeness (QED) is 0.702. The van der Waals surface area contributed by atoms with E-state index in [0.29, 0.717) is 13.0 Å². The second-order valence-electron chi connectivity index (χ2n) is 5.74. The Kier molecular flexibility index (Phi) is 4.71. The zero-order valence-corrected chi connectivity index (χ0v) is 13.4. The molecule has 0 aliphatic rings. The first-order valence-corrected chi connectivity index (χ1v) is 7.91. The lowest BCUT2D eigenvalue weighted by Crippen LogP contribution is -2.29. The number of hydrogen-bond donors (Lipinski definition) is 0. The van der Waals surface area contributed by atoms with E-state index in [0.717, 1.165) is 13.0 Å². The predicted molar refractivity (Wildman–Crippen MR) is 92.1 cm³/mol. The van der Waals surface area contributed by atoms with Gasteiger partial charge in [0, 0.05) is 50.7 Å². The Balaban J connectivity index is 1.52. The number of amides is 1. The van der Waals surface area contributed by atoms with Gasteiger partial charge in [-0.15, -0.1) is 0 Å². The third-order valence-electron chi connectivity index (χ3n) is 4.16. The van der Waals surface area contributed by atoms with Crippen LogP contribution in [0.4, 0.5) is 0 Å². The number of fused-ring (bicyclic) bond motifs is 1. The molecule has 23 heavy (non-hydrogen) atoms. The van der Waals surface area contributed by atoms with Gasteiger partial charge in [-0.05, 0) is 41.6 Å². The van der Waals surface area contributed by atoms with Crippen LogP contribution >= 0.6 is 0 Å². The van der Waals surface area contributed by atoms with Gasteiger partial charge >= 0.3 is 0 Å². The van der Waals surface area contributed by atoms with Gasteiger partial charge in [0.05, 0.1) is 0 Å². The summed E-state index contributed by atoms with van der Waals surface area (Å²) in [6, 6.07) is 14.3. The van der Waals surface area contributed by atoms with Gasteiger partial charge in [-0.25, -0.2) is 0 Å². The number of nitrogens with zero attached hydrogens (tertiary/aromatic N) is 3. The minimum atomic E-state index is 0.178. The van der Waals surface area contributed by atoms with Gasteiger partial charge in [0.1, 0.15) is 0 Å². The standard InChI is InChI=1S/C19H21N3O/c1-21(13-8-16-6-11-20-12-7-16)19(23)10-15-22-14-9-17-4-2-3-5-18(17)22/h2-7,9,11-12,14H,8,10,13,15H2,1H3. The first kappa shape index (κ1) is 15.3. The number of aryl methyl sites for hydroxylation is 1. The average Bonchev–Trinajstić information content (AvgIpc) is 3.01. The van der Waals surface area contributed by atoms with Gasteiger partial charge in [-0.3, -0.25) is 9.78 Å². The number of benzene rings is 1. The molecule has 0 bridgehead atoms. The fraction of sp³-hybridized carbons (Fsp3) is 0.263. The summed E-state index contributed by atoms with van der Waals surface area (Å²) in [7, 11) is 1.87. The van der Waals surface area contributed by atoms with Crippen LogP contribution in [0.2, 0.25) is 0 Å². The summed E-state index contributed by atoms with van der Waals surface area (Å²) in [4.78, 5) is 18.1. The maximum atomic E-state index is 12.3. The van der Waals surface area contributed by atoms with Crippen LogP contribution in [0.25, 0.3) is 10.9 Å². The van der Waals surface area contributed by atoms with E-state index >= 15 is 0 Å². The second kappa shape index (κ2) is 7.09. The molecule has 0 radical (unpaired) electrons. The van der Waals surface area contributed by atoms with Crippen molar-refractivity contribution in [2.24, 2.45) is 0 Å². The average molecular weight is 307 g/mol. The summed E-state index contributed by atoms with van der Waals surface area (Å²) >= 11 is 0. The molecule has 118 valence electrons. The molecule has 0 saturated carbocycles. The van der Waals surface area contributed by atoms with Crippen molar-refractivity contribution in [3.05, 3.63) is 66.6 Å². The third kappa shape index (κ3) is 3.77. The van der Waals surface area contributed by atoms with Crippen molar-refractivity contribution in [1.82, 2.24) is 14.5 Å². The van der Waals surface area contributed by atoms with Crippen LogP contribution in [0.5, 0.6) is 0 Å². The van der Waals surface area contributed by atoms with E-state index in [1.54, 1.807) is 12.4 Å². The summed E-state index contributed by atoms with van der Waals surface area (Å²) in [5.41, 5.74) is 2.38. The summed E-state index contributed by atoms with van der Waals surface area (Å²) in [6.45, 7) is 1.45. The zero-order valence-electron chi connectivity index (χ0n) is 13.4. The molecular formula is C19H21N3O. The zero-order chi connectivity index (χ0) is 16.1. The first-order valence-electron chi connectivity index (χ1n) is 7.91. The predicted octanol–water partition coefficient (Wildman–Crippen LogP) is 3.13. The van der Waals surface area contributed by atoms with Crippen molar-refractivity contribution in [1.29, 1.82) is 0 Å². The molecule has 4 nitrogen and oxygen atoms in total. The highest BCUT2D eigenvalue weighted by Gasteiger charge is 2.09. The molecule has 0 atom stereocenters. The Morgan fingerprint density at radius 3 is 2.74 bits per heavy atom. The molecule has 2 aromatic heterocycles. The topological polar surface area (TPSA) is 38.1 Å². The maximum absolute atomic E-state index is 12.3. The molecule has 3 rings (SSSR count). The molecular weight excluding hydrogens is 286 g/mol. The summed E-state index contributed by atoms with van der Waals surface area (Å²) in [6.07, 6.45) is 7.00. The highest BCUT2D eigenvalue weighted by atomic mass is 16.2. The highest BCUT2D eigenvalue weighted by molar-refractivity contribution is 5.80. The Morgan fingerprint density at radius 2 is 1.91 bits per heavy atom. The normalized spacial score (nSPS) is 10.8. The largest absolute Gasteiger partial charge is 0.347 e. The molecule has 0 spiro atoms. The van der Waals surface area contributed by atoms with Crippen LogP contribution < -0.4 is 0 Å². The van der Waals surface area contributed by atoms with E-state index in [1.807, 2.05) is 36.2 Å². The molecule has 3 aromatic rings. The number of carbonyl (C=O) groups excluding carboxylic acids is 1. The van der Waals surface area contributed by atoms with Gasteiger partial charge < -0.3 is 9.47 Å². The SMILES string of the molecule is CN(CCc1ccncc1)C(=O)CCn1ccc2ccccc21. The van der Waals surface area contributed by atoms with E-state index in [-0.39, 0.29) is 5.91 Å². The Morgan fingerprint density at radius 1 is 1.13 bits per heavy atom. The van der Waals surface area contributed by atoms with E-state index in [9.17, 15) is 4.79 Å². The van der Waals surface area contributed by atoms with Crippen molar-refractivity contribution in [3.63, 3.8) is 0 Å². The van der Waals surface area contributed by atoms with Crippen LogP contribution in [0.3, 0.4) is 0 Å². The summed E-state index contributed by atoms with van der Waals surface area (Å²) in [5, 5.41) is 1.21. The Hall–Kier alpha value is -2.62. The fourth-order valence-corrected chi connectivity index (χ4v) is 2.71. The van der Waals surface area contributed by atoms with E-state index in [4.69, 9.17) is 0 Å². The van der Waals surface area contributed by atoms with Crippen molar-refractivity contribution in [2.75, 3.05) is 13.6 Å². The molecule has 1 aromatic carbocycles. The van der Waals surface area contributed by atoms with E-state index in [2.05, 4.69) is 33.9 Å². The van der Waals surface area contributed by atoms with Gasteiger partial charge in [0.25, 0.3) is 0 Å². The number of pyridine rings is 1.